The van der Waals surface area contributed by atoms with Crippen LogP contribution in [-0.4, -0.2) is 41.7 Å². The van der Waals surface area contributed by atoms with Crippen LogP contribution in [0.2, 0.25) is 0 Å². The van der Waals surface area contributed by atoms with Gasteiger partial charge in [0.25, 0.3) is 0 Å². The van der Waals surface area contributed by atoms with Crippen molar-refractivity contribution in [3.63, 3.8) is 0 Å². The molecule has 1 aliphatic heterocycles. The van der Waals surface area contributed by atoms with Gasteiger partial charge in [0.05, 0.1) is 0 Å². The Morgan fingerprint density at radius 3 is 2.11 bits per heavy atom. The fourth-order valence-corrected chi connectivity index (χ4v) is 5.62. The Morgan fingerprint density at radius 2 is 1.59 bits per heavy atom. The SMILES string of the molecule is C\C=C/C(=C\C)C(/CCCO)=C(/c1ccc(NC(C)=O)cc1)c1ccc(C2CCN(C3CC3)CC2)cc1. The number of benzene rings is 2. The van der Waals surface area contributed by atoms with Crippen molar-refractivity contribution >= 4 is 17.2 Å². The van der Waals surface area contributed by atoms with E-state index in [1.165, 1.54) is 73.5 Å². The molecule has 0 bridgehead atoms. The molecule has 0 radical (unpaired) electrons. The minimum atomic E-state index is -0.0741. The maximum Gasteiger partial charge on any atom is 0.221 e. The highest BCUT2D eigenvalue weighted by Crippen LogP contribution is 2.37. The third-order valence-electron chi connectivity index (χ3n) is 7.65. The molecule has 4 nitrogen and oxygen atoms in total. The fraction of sp³-hybridized carbons (Fsp3) is 0.424. The Labute approximate surface area is 222 Å². The van der Waals surface area contributed by atoms with Crippen LogP contribution >= 0.6 is 0 Å². The number of aliphatic hydroxyl groups is 1. The molecule has 1 amide bonds. The van der Waals surface area contributed by atoms with Gasteiger partial charge in [-0.3, -0.25) is 4.79 Å². The summed E-state index contributed by atoms with van der Waals surface area (Å²) in [6.07, 6.45) is 13.1. The zero-order valence-electron chi connectivity index (χ0n) is 22.7. The molecule has 1 heterocycles. The molecule has 2 aliphatic rings. The summed E-state index contributed by atoms with van der Waals surface area (Å²) >= 11 is 0. The zero-order valence-corrected chi connectivity index (χ0v) is 22.7. The van der Waals surface area contributed by atoms with E-state index in [9.17, 15) is 9.90 Å². The van der Waals surface area contributed by atoms with E-state index in [2.05, 4.69) is 71.8 Å². The topological polar surface area (TPSA) is 52.6 Å². The number of aliphatic hydroxyl groups excluding tert-OH is 1. The highest BCUT2D eigenvalue weighted by Gasteiger charge is 2.32. The van der Waals surface area contributed by atoms with Gasteiger partial charge < -0.3 is 15.3 Å². The number of carbonyl (C=O) groups excluding carboxylic acids is 1. The van der Waals surface area contributed by atoms with Gasteiger partial charge in [0.1, 0.15) is 0 Å². The van der Waals surface area contributed by atoms with Crippen LogP contribution in [0.4, 0.5) is 5.69 Å². The van der Waals surface area contributed by atoms with Crippen molar-refractivity contribution in [2.24, 2.45) is 0 Å². The third-order valence-corrected chi connectivity index (χ3v) is 7.65. The Hall–Kier alpha value is -2.95. The Kier molecular flexibility index (Phi) is 9.54. The zero-order chi connectivity index (χ0) is 26.2. The quantitative estimate of drug-likeness (QED) is 0.344. The van der Waals surface area contributed by atoms with Crippen molar-refractivity contribution in [1.82, 2.24) is 4.90 Å². The highest BCUT2D eigenvalue weighted by atomic mass is 16.2. The molecule has 2 aromatic rings. The molecule has 2 N–H and O–H groups in total. The number of likely N-dealkylation sites (tertiary alicyclic amines) is 1. The van der Waals surface area contributed by atoms with Crippen molar-refractivity contribution in [3.05, 3.63) is 94.6 Å². The number of hydrogen-bond donors (Lipinski definition) is 2. The number of allylic oxidation sites excluding steroid dienone is 5. The van der Waals surface area contributed by atoms with Crippen molar-refractivity contribution < 1.29 is 9.90 Å². The third kappa shape index (κ3) is 7.09. The first kappa shape index (κ1) is 27.1. The number of rotatable bonds is 10. The number of anilines is 1. The average molecular weight is 499 g/mol. The van der Waals surface area contributed by atoms with Crippen LogP contribution in [0.5, 0.6) is 0 Å². The lowest BCUT2D eigenvalue weighted by Crippen LogP contribution is -2.34. The van der Waals surface area contributed by atoms with Crippen LogP contribution in [0, 0.1) is 0 Å². The molecule has 1 aliphatic carbocycles. The smallest absolute Gasteiger partial charge is 0.221 e. The maximum absolute atomic E-state index is 11.5. The summed E-state index contributed by atoms with van der Waals surface area (Å²) in [6.45, 7) is 8.24. The molecule has 4 rings (SSSR count). The molecule has 1 saturated carbocycles. The molecular formula is C33H42N2O2. The monoisotopic (exact) mass is 498 g/mol. The van der Waals surface area contributed by atoms with E-state index in [0.29, 0.717) is 12.3 Å². The Bertz CT molecular complexity index is 1130. The van der Waals surface area contributed by atoms with Crippen molar-refractivity contribution in [2.45, 2.75) is 71.3 Å². The Balaban J connectivity index is 1.70. The van der Waals surface area contributed by atoms with Gasteiger partial charge in [-0.1, -0.05) is 54.6 Å². The number of hydrogen-bond acceptors (Lipinski definition) is 3. The van der Waals surface area contributed by atoms with Gasteiger partial charge in [0.2, 0.25) is 5.91 Å². The summed E-state index contributed by atoms with van der Waals surface area (Å²) in [7, 11) is 0. The van der Waals surface area contributed by atoms with Crippen molar-refractivity contribution in [2.75, 3.05) is 25.0 Å². The van der Waals surface area contributed by atoms with Crippen LogP contribution < -0.4 is 5.32 Å². The van der Waals surface area contributed by atoms with Crippen molar-refractivity contribution in [3.8, 4) is 0 Å². The van der Waals surface area contributed by atoms with Crippen LogP contribution in [0.15, 0.2) is 77.9 Å². The minimum Gasteiger partial charge on any atom is -0.396 e. The minimum absolute atomic E-state index is 0.0741. The first-order valence-electron chi connectivity index (χ1n) is 13.9. The number of carbonyl (C=O) groups is 1. The maximum atomic E-state index is 11.5. The largest absolute Gasteiger partial charge is 0.396 e. The highest BCUT2D eigenvalue weighted by molar-refractivity contribution is 5.90. The molecule has 196 valence electrons. The van der Waals surface area contributed by atoms with Gasteiger partial charge in [-0.2, -0.15) is 0 Å². The molecule has 1 saturated heterocycles. The van der Waals surface area contributed by atoms with E-state index in [0.717, 1.165) is 23.7 Å². The fourth-order valence-electron chi connectivity index (χ4n) is 5.62. The van der Waals surface area contributed by atoms with Gasteiger partial charge in [-0.25, -0.2) is 0 Å². The first-order chi connectivity index (χ1) is 18.0. The van der Waals surface area contributed by atoms with E-state index >= 15 is 0 Å². The van der Waals surface area contributed by atoms with E-state index in [1.807, 2.05) is 19.1 Å². The molecule has 0 unspecified atom stereocenters. The number of nitrogens with one attached hydrogen (secondary N) is 1. The van der Waals surface area contributed by atoms with Crippen molar-refractivity contribution in [1.29, 1.82) is 0 Å². The number of amides is 1. The normalized spacial score (nSPS) is 18.2. The second-order valence-corrected chi connectivity index (χ2v) is 10.3. The second-order valence-electron chi connectivity index (χ2n) is 10.3. The molecule has 0 atom stereocenters. The molecule has 2 aromatic carbocycles. The summed E-state index contributed by atoms with van der Waals surface area (Å²) in [5.41, 5.74) is 8.11. The molecule has 2 fully saturated rings. The lowest BCUT2D eigenvalue weighted by molar-refractivity contribution is -0.114. The molecule has 4 heteroatoms. The Morgan fingerprint density at radius 1 is 0.973 bits per heavy atom. The summed E-state index contributed by atoms with van der Waals surface area (Å²) in [5, 5.41) is 12.5. The molecule has 0 aromatic heterocycles. The van der Waals surface area contributed by atoms with E-state index in [-0.39, 0.29) is 12.5 Å². The lowest BCUT2D eigenvalue weighted by atomic mass is 9.84. The molecule has 37 heavy (non-hydrogen) atoms. The van der Waals surface area contributed by atoms with Gasteiger partial charge in [0, 0.05) is 25.3 Å². The van der Waals surface area contributed by atoms with E-state index < -0.39 is 0 Å². The predicted octanol–water partition coefficient (Wildman–Crippen LogP) is 7.08. The first-order valence-corrected chi connectivity index (χ1v) is 13.9. The summed E-state index contributed by atoms with van der Waals surface area (Å²) in [5.74, 6) is 0.561. The lowest BCUT2D eigenvalue weighted by Gasteiger charge is -2.32. The van der Waals surface area contributed by atoms with Crippen LogP contribution in [0.25, 0.3) is 5.57 Å². The summed E-state index contributed by atoms with van der Waals surface area (Å²) < 4.78 is 0. The van der Waals surface area contributed by atoms with Gasteiger partial charge in [-0.15, -0.1) is 0 Å². The summed E-state index contributed by atoms with van der Waals surface area (Å²) in [4.78, 5) is 14.2. The second kappa shape index (κ2) is 13.0. The van der Waals surface area contributed by atoms with Gasteiger partial charge in [0.15, 0.2) is 0 Å². The standard InChI is InChI=1S/C33H42N2O2/c1-4-7-25(5-2)32(8-6-23-36)33(29-13-15-30(16-14-29)34-24(3)37)28-11-9-26(10-12-28)27-19-21-35(22-20-27)31-17-18-31/h4-5,7,9-16,27,31,36H,6,8,17-23H2,1-3H3,(H,34,37)/b7-4-,25-5+,33-32+. The molecular weight excluding hydrogens is 456 g/mol. The summed E-state index contributed by atoms with van der Waals surface area (Å²) in [6, 6.07) is 18.2. The van der Waals surface area contributed by atoms with Gasteiger partial charge >= 0.3 is 0 Å². The molecule has 0 spiro atoms. The van der Waals surface area contributed by atoms with Crippen LogP contribution in [0.1, 0.15) is 81.9 Å². The number of nitrogens with zero attached hydrogens (tertiary/aromatic N) is 1. The van der Waals surface area contributed by atoms with E-state index in [1.54, 1.807) is 0 Å². The predicted molar refractivity (Wildman–Crippen MR) is 155 cm³/mol. The average Bonchev–Trinajstić information content (AvgIpc) is 3.76. The number of piperidine rings is 1. The van der Waals surface area contributed by atoms with Crippen LogP contribution in [-0.2, 0) is 4.79 Å². The van der Waals surface area contributed by atoms with E-state index in [4.69, 9.17) is 0 Å². The van der Waals surface area contributed by atoms with Crippen LogP contribution in [0.3, 0.4) is 0 Å². The van der Waals surface area contributed by atoms with Gasteiger partial charge in [-0.05, 0) is 117 Å².